The van der Waals surface area contributed by atoms with E-state index in [1.807, 2.05) is 30.3 Å². The molecule has 18 heavy (non-hydrogen) atoms. The average molecular weight is 332 g/mol. The van der Waals surface area contributed by atoms with Gasteiger partial charge in [0.25, 0.3) is 0 Å². The van der Waals surface area contributed by atoms with Crippen molar-refractivity contribution in [3.63, 3.8) is 0 Å². The molecule has 0 aliphatic rings. The van der Waals surface area contributed by atoms with E-state index < -0.39 is 11.6 Å². The van der Waals surface area contributed by atoms with Crippen LogP contribution in [0.2, 0.25) is 5.02 Å². The second-order valence-electron chi connectivity index (χ2n) is 3.95. The van der Waals surface area contributed by atoms with Gasteiger partial charge in [-0.05, 0) is 24.1 Å². The molecule has 1 atom stereocenters. The summed E-state index contributed by atoms with van der Waals surface area (Å²) >= 11 is 8.90. The fourth-order valence-electron chi connectivity index (χ4n) is 1.71. The summed E-state index contributed by atoms with van der Waals surface area (Å²) in [4.78, 5) is -0.285. The Kier molecular flexibility index (Phi) is 4.36. The van der Waals surface area contributed by atoms with Gasteiger partial charge in [-0.1, -0.05) is 57.9 Å². The Bertz CT molecular complexity index is 543. The summed E-state index contributed by atoms with van der Waals surface area (Å²) in [6.45, 7) is 0. The minimum absolute atomic E-state index is 0.198. The van der Waals surface area contributed by atoms with Crippen LogP contribution in [-0.2, 0) is 6.42 Å². The Hall–Kier alpha value is -0.930. The molecule has 2 rings (SSSR count). The predicted molar refractivity (Wildman–Crippen MR) is 73.2 cm³/mol. The van der Waals surface area contributed by atoms with Gasteiger partial charge in [-0.15, -0.1) is 0 Å². The van der Waals surface area contributed by atoms with Crippen molar-refractivity contribution in [1.29, 1.82) is 0 Å². The first kappa shape index (κ1) is 13.5. The summed E-state index contributed by atoms with van der Waals surface area (Å²) in [5, 5.41) is -0.198. The van der Waals surface area contributed by atoms with E-state index in [1.165, 1.54) is 0 Å². The van der Waals surface area contributed by atoms with Gasteiger partial charge < -0.3 is 0 Å². The molecule has 0 amide bonds. The molecule has 94 valence electrons. The lowest BCUT2D eigenvalue weighted by Crippen LogP contribution is -2.00. The van der Waals surface area contributed by atoms with E-state index in [1.54, 1.807) is 0 Å². The van der Waals surface area contributed by atoms with Crippen molar-refractivity contribution >= 4 is 27.5 Å². The molecule has 0 aliphatic heterocycles. The summed E-state index contributed by atoms with van der Waals surface area (Å²) < 4.78 is 27.0. The number of benzene rings is 2. The zero-order chi connectivity index (χ0) is 13.1. The molecule has 0 bridgehead atoms. The minimum atomic E-state index is -0.606. The standard InChI is InChI=1S/C14H10BrClF2/c15-11(6-9-4-2-1-3-5-9)10-7-14(18)12(16)8-13(10)17/h1-5,7-8,11H,6H2. The van der Waals surface area contributed by atoms with Gasteiger partial charge in [-0.3, -0.25) is 0 Å². The molecule has 0 aromatic heterocycles. The monoisotopic (exact) mass is 330 g/mol. The van der Waals surface area contributed by atoms with Crippen molar-refractivity contribution in [2.45, 2.75) is 11.2 Å². The van der Waals surface area contributed by atoms with Gasteiger partial charge in [0.1, 0.15) is 11.6 Å². The highest BCUT2D eigenvalue weighted by Gasteiger charge is 2.16. The van der Waals surface area contributed by atoms with E-state index in [0.29, 0.717) is 6.42 Å². The zero-order valence-electron chi connectivity index (χ0n) is 9.34. The molecule has 0 nitrogen and oxygen atoms in total. The van der Waals surface area contributed by atoms with Crippen LogP contribution >= 0.6 is 27.5 Å². The summed E-state index contributed by atoms with van der Waals surface area (Å²) in [7, 11) is 0. The molecule has 0 spiro atoms. The first-order valence-corrected chi connectivity index (χ1v) is 6.69. The van der Waals surface area contributed by atoms with Crippen LogP contribution in [0.1, 0.15) is 16.0 Å². The maximum atomic E-state index is 13.7. The second kappa shape index (κ2) is 5.81. The van der Waals surface area contributed by atoms with Crippen LogP contribution in [0.25, 0.3) is 0 Å². The molecular weight excluding hydrogens is 322 g/mol. The Balaban J connectivity index is 2.24. The number of hydrogen-bond donors (Lipinski definition) is 0. The lowest BCUT2D eigenvalue weighted by Gasteiger charge is -2.12. The van der Waals surface area contributed by atoms with Crippen LogP contribution in [0.4, 0.5) is 8.78 Å². The third kappa shape index (κ3) is 3.09. The van der Waals surface area contributed by atoms with Crippen LogP contribution in [0.15, 0.2) is 42.5 Å². The zero-order valence-corrected chi connectivity index (χ0v) is 11.7. The first-order chi connectivity index (χ1) is 8.58. The number of halogens is 4. The van der Waals surface area contributed by atoms with E-state index in [9.17, 15) is 8.78 Å². The molecule has 0 heterocycles. The van der Waals surface area contributed by atoms with Gasteiger partial charge in [0.2, 0.25) is 0 Å². The van der Waals surface area contributed by atoms with Gasteiger partial charge in [-0.2, -0.15) is 0 Å². The highest BCUT2D eigenvalue weighted by molar-refractivity contribution is 9.09. The van der Waals surface area contributed by atoms with Crippen molar-refractivity contribution in [3.8, 4) is 0 Å². The van der Waals surface area contributed by atoms with Gasteiger partial charge in [0.15, 0.2) is 0 Å². The molecule has 0 aliphatic carbocycles. The van der Waals surface area contributed by atoms with Crippen LogP contribution in [0, 0.1) is 11.6 Å². The topological polar surface area (TPSA) is 0 Å². The van der Waals surface area contributed by atoms with Crippen molar-refractivity contribution in [2.24, 2.45) is 0 Å². The Labute approximate surface area is 118 Å². The first-order valence-electron chi connectivity index (χ1n) is 5.40. The molecule has 0 saturated heterocycles. The Morgan fingerprint density at radius 3 is 2.39 bits per heavy atom. The highest BCUT2D eigenvalue weighted by atomic mass is 79.9. The lowest BCUT2D eigenvalue weighted by atomic mass is 10.0. The van der Waals surface area contributed by atoms with Crippen LogP contribution in [-0.4, -0.2) is 0 Å². The number of hydrogen-bond acceptors (Lipinski definition) is 0. The minimum Gasteiger partial charge on any atom is -0.207 e. The molecule has 0 saturated carbocycles. The van der Waals surface area contributed by atoms with E-state index in [0.717, 1.165) is 17.7 Å². The number of rotatable bonds is 3. The van der Waals surface area contributed by atoms with Gasteiger partial charge in [-0.25, -0.2) is 8.78 Å². The molecule has 0 radical (unpaired) electrons. The third-order valence-electron chi connectivity index (χ3n) is 2.63. The summed E-state index contributed by atoms with van der Waals surface area (Å²) in [6.07, 6.45) is 0.582. The van der Waals surface area contributed by atoms with Crippen molar-refractivity contribution in [3.05, 3.63) is 70.2 Å². The quantitative estimate of drug-likeness (QED) is 0.529. The smallest absolute Gasteiger partial charge is 0.142 e. The van der Waals surface area contributed by atoms with Crippen molar-refractivity contribution in [2.75, 3.05) is 0 Å². The number of alkyl halides is 1. The molecule has 2 aromatic rings. The Morgan fingerprint density at radius 2 is 1.72 bits per heavy atom. The van der Waals surface area contributed by atoms with E-state index in [-0.39, 0.29) is 15.4 Å². The fraction of sp³-hybridized carbons (Fsp3) is 0.143. The molecule has 0 fully saturated rings. The van der Waals surface area contributed by atoms with Gasteiger partial charge in [0, 0.05) is 10.4 Å². The molecule has 0 N–H and O–H groups in total. The Morgan fingerprint density at radius 1 is 1.06 bits per heavy atom. The maximum absolute atomic E-state index is 13.7. The SMILES string of the molecule is Fc1cc(C(Br)Cc2ccccc2)c(F)cc1Cl. The van der Waals surface area contributed by atoms with Crippen LogP contribution in [0.5, 0.6) is 0 Å². The summed E-state index contributed by atoms with van der Waals surface area (Å²) in [5.74, 6) is -1.11. The largest absolute Gasteiger partial charge is 0.207 e. The molecular formula is C14H10BrClF2. The van der Waals surface area contributed by atoms with Gasteiger partial charge >= 0.3 is 0 Å². The molecule has 1 unspecified atom stereocenters. The van der Waals surface area contributed by atoms with E-state index in [4.69, 9.17) is 11.6 Å². The van der Waals surface area contributed by atoms with Crippen LogP contribution < -0.4 is 0 Å². The van der Waals surface area contributed by atoms with Crippen molar-refractivity contribution in [1.82, 2.24) is 0 Å². The van der Waals surface area contributed by atoms with Gasteiger partial charge in [0.05, 0.1) is 5.02 Å². The second-order valence-corrected chi connectivity index (χ2v) is 5.46. The van der Waals surface area contributed by atoms with Crippen molar-refractivity contribution < 1.29 is 8.78 Å². The summed E-state index contributed by atoms with van der Waals surface area (Å²) in [6, 6.07) is 11.8. The predicted octanol–water partition coefficient (Wildman–Crippen LogP) is 5.30. The van der Waals surface area contributed by atoms with E-state index in [2.05, 4.69) is 15.9 Å². The summed E-state index contributed by atoms with van der Waals surface area (Å²) in [5.41, 5.74) is 1.33. The molecule has 4 heteroatoms. The normalized spacial score (nSPS) is 12.4. The fourth-order valence-corrected chi connectivity index (χ4v) is 2.58. The lowest BCUT2D eigenvalue weighted by molar-refractivity contribution is 0.584. The molecule has 2 aromatic carbocycles. The van der Waals surface area contributed by atoms with Crippen LogP contribution in [0.3, 0.4) is 0 Å². The maximum Gasteiger partial charge on any atom is 0.142 e. The third-order valence-corrected chi connectivity index (χ3v) is 3.74. The average Bonchev–Trinajstić information content (AvgIpc) is 2.35. The highest BCUT2D eigenvalue weighted by Crippen LogP contribution is 2.31. The van der Waals surface area contributed by atoms with E-state index >= 15 is 0 Å².